The van der Waals surface area contributed by atoms with Crippen LogP contribution in [0.4, 0.5) is 0 Å². The summed E-state index contributed by atoms with van der Waals surface area (Å²) < 4.78 is 0. The number of hydrogen-bond acceptors (Lipinski definition) is 3. The van der Waals surface area contributed by atoms with Crippen LogP contribution in [0.5, 0.6) is 0 Å². The molecule has 0 bridgehead atoms. The van der Waals surface area contributed by atoms with Crippen LogP contribution in [0.25, 0.3) is 0 Å². The molecule has 3 nitrogen and oxygen atoms in total. The van der Waals surface area contributed by atoms with E-state index in [0.717, 1.165) is 38.8 Å². The fourth-order valence-electron chi connectivity index (χ4n) is 2.86. The Morgan fingerprint density at radius 2 is 2.07 bits per heavy atom. The summed E-state index contributed by atoms with van der Waals surface area (Å²) >= 11 is 0. The molecule has 2 unspecified atom stereocenters. The molecule has 1 saturated heterocycles. The second kappa shape index (κ2) is 4.17. The van der Waals surface area contributed by atoms with Crippen LogP contribution in [-0.4, -0.2) is 46.5 Å². The van der Waals surface area contributed by atoms with E-state index in [0.29, 0.717) is 12.0 Å². The van der Waals surface area contributed by atoms with E-state index in [1.807, 2.05) is 6.92 Å². The van der Waals surface area contributed by atoms with Crippen molar-refractivity contribution in [1.29, 1.82) is 0 Å². The van der Waals surface area contributed by atoms with E-state index in [2.05, 4.69) is 4.90 Å². The third-order valence-electron chi connectivity index (χ3n) is 3.85. The van der Waals surface area contributed by atoms with Gasteiger partial charge in [-0.05, 0) is 45.1 Å². The number of likely N-dealkylation sites (tertiary alicyclic amines) is 1. The molecule has 14 heavy (non-hydrogen) atoms. The molecule has 82 valence electrons. The maximum Gasteiger partial charge on any atom is 0.0695 e. The minimum atomic E-state index is -0.196. The van der Waals surface area contributed by atoms with Crippen molar-refractivity contribution in [2.24, 2.45) is 5.92 Å². The number of aliphatic hydroxyl groups is 2. The van der Waals surface area contributed by atoms with E-state index < -0.39 is 0 Å². The molecule has 0 radical (unpaired) electrons. The molecule has 1 aliphatic heterocycles. The van der Waals surface area contributed by atoms with Gasteiger partial charge >= 0.3 is 0 Å². The average Bonchev–Trinajstić information content (AvgIpc) is 2.71. The van der Waals surface area contributed by atoms with Gasteiger partial charge in [-0.25, -0.2) is 0 Å². The lowest BCUT2D eigenvalue weighted by molar-refractivity contribution is 0.0728. The van der Waals surface area contributed by atoms with Gasteiger partial charge in [0.2, 0.25) is 0 Å². The molecular formula is C11H21NO2. The lowest BCUT2D eigenvalue weighted by atomic mass is 10.0. The molecule has 2 rings (SSSR count). The van der Waals surface area contributed by atoms with E-state index in [9.17, 15) is 10.2 Å². The van der Waals surface area contributed by atoms with E-state index in [-0.39, 0.29) is 12.2 Å². The number of nitrogens with zero attached hydrogens (tertiary/aromatic N) is 1. The summed E-state index contributed by atoms with van der Waals surface area (Å²) in [6.45, 7) is 3.90. The van der Waals surface area contributed by atoms with Crippen LogP contribution >= 0.6 is 0 Å². The molecule has 2 N–H and O–H groups in total. The van der Waals surface area contributed by atoms with E-state index in [4.69, 9.17) is 0 Å². The Hall–Kier alpha value is -0.120. The van der Waals surface area contributed by atoms with Gasteiger partial charge in [0, 0.05) is 12.6 Å². The van der Waals surface area contributed by atoms with Crippen LogP contribution in [0.3, 0.4) is 0 Å². The van der Waals surface area contributed by atoms with Crippen LogP contribution in [0.15, 0.2) is 0 Å². The molecule has 1 aliphatic carbocycles. The Morgan fingerprint density at radius 3 is 2.57 bits per heavy atom. The van der Waals surface area contributed by atoms with Gasteiger partial charge in [-0.1, -0.05) is 0 Å². The van der Waals surface area contributed by atoms with Gasteiger partial charge in [0.25, 0.3) is 0 Å². The van der Waals surface area contributed by atoms with E-state index >= 15 is 0 Å². The Labute approximate surface area is 85.7 Å². The Balaban J connectivity index is 1.88. The maximum absolute atomic E-state index is 9.77. The van der Waals surface area contributed by atoms with Gasteiger partial charge in [-0.3, -0.25) is 4.90 Å². The third kappa shape index (κ3) is 1.95. The highest BCUT2D eigenvalue weighted by Gasteiger charge is 2.36. The van der Waals surface area contributed by atoms with Crippen molar-refractivity contribution in [2.75, 3.05) is 13.1 Å². The summed E-state index contributed by atoms with van der Waals surface area (Å²) in [5.74, 6) is 0.419. The summed E-state index contributed by atoms with van der Waals surface area (Å²) in [6, 6.07) is 0.374. The molecule has 1 saturated carbocycles. The second-order valence-electron chi connectivity index (χ2n) is 4.85. The van der Waals surface area contributed by atoms with Crippen LogP contribution in [0.2, 0.25) is 0 Å². The smallest absolute Gasteiger partial charge is 0.0695 e. The van der Waals surface area contributed by atoms with Crippen LogP contribution < -0.4 is 0 Å². The minimum Gasteiger partial charge on any atom is -0.393 e. The first-order valence-electron chi connectivity index (χ1n) is 5.78. The lowest BCUT2D eigenvalue weighted by Crippen LogP contribution is -2.39. The summed E-state index contributed by atoms with van der Waals surface area (Å²) in [5, 5.41) is 19.3. The summed E-state index contributed by atoms with van der Waals surface area (Å²) in [5.41, 5.74) is 0. The Kier molecular flexibility index (Phi) is 3.10. The van der Waals surface area contributed by atoms with Crippen molar-refractivity contribution in [1.82, 2.24) is 4.90 Å². The predicted octanol–water partition coefficient (Wildman–Crippen LogP) is 0.603. The monoisotopic (exact) mass is 199 g/mol. The first-order valence-corrected chi connectivity index (χ1v) is 5.78. The van der Waals surface area contributed by atoms with Crippen molar-refractivity contribution >= 4 is 0 Å². The number of hydrogen-bond donors (Lipinski definition) is 2. The van der Waals surface area contributed by atoms with Crippen molar-refractivity contribution < 1.29 is 10.2 Å². The summed E-state index contributed by atoms with van der Waals surface area (Å²) in [4.78, 5) is 2.37. The first kappa shape index (κ1) is 10.4. The second-order valence-corrected chi connectivity index (χ2v) is 4.85. The highest BCUT2D eigenvalue weighted by Crippen LogP contribution is 2.29. The van der Waals surface area contributed by atoms with E-state index in [1.165, 1.54) is 0 Å². The van der Waals surface area contributed by atoms with E-state index in [1.54, 1.807) is 0 Å². The van der Waals surface area contributed by atoms with Gasteiger partial charge in [0.15, 0.2) is 0 Å². The standard InChI is InChI=1S/C11H21NO2/c1-8(13)9-5-6-12(7-9)10-3-2-4-11(10)14/h8-11,13-14H,2-7H2,1H3/t8?,9?,10-,11-/m0/s1. The quantitative estimate of drug-likeness (QED) is 0.684. The van der Waals surface area contributed by atoms with Gasteiger partial charge in [-0.2, -0.15) is 0 Å². The fraction of sp³-hybridized carbons (Fsp3) is 1.00. The van der Waals surface area contributed by atoms with Crippen molar-refractivity contribution in [2.45, 2.75) is 50.9 Å². The maximum atomic E-state index is 9.77. The molecule has 0 aromatic rings. The summed E-state index contributed by atoms with van der Waals surface area (Å²) in [7, 11) is 0. The van der Waals surface area contributed by atoms with Crippen LogP contribution in [0, 0.1) is 5.92 Å². The summed E-state index contributed by atoms with van der Waals surface area (Å²) in [6.07, 6.45) is 4.01. The number of rotatable bonds is 2. The predicted molar refractivity (Wildman–Crippen MR) is 55.0 cm³/mol. The van der Waals surface area contributed by atoms with Gasteiger partial charge in [0.05, 0.1) is 12.2 Å². The normalized spacial score (nSPS) is 41.8. The molecule has 0 amide bonds. The zero-order chi connectivity index (χ0) is 10.1. The Bertz CT molecular complexity index is 196. The van der Waals surface area contributed by atoms with Crippen LogP contribution in [0.1, 0.15) is 32.6 Å². The van der Waals surface area contributed by atoms with Crippen molar-refractivity contribution in [3.05, 3.63) is 0 Å². The minimum absolute atomic E-state index is 0.122. The van der Waals surface area contributed by atoms with Gasteiger partial charge in [-0.15, -0.1) is 0 Å². The zero-order valence-corrected chi connectivity index (χ0v) is 8.89. The molecule has 0 aromatic heterocycles. The molecule has 1 heterocycles. The molecular weight excluding hydrogens is 178 g/mol. The largest absolute Gasteiger partial charge is 0.393 e. The first-order chi connectivity index (χ1) is 6.68. The third-order valence-corrected chi connectivity index (χ3v) is 3.85. The van der Waals surface area contributed by atoms with Crippen LogP contribution in [-0.2, 0) is 0 Å². The molecule has 2 fully saturated rings. The Morgan fingerprint density at radius 1 is 1.29 bits per heavy atom. The van der Waals surface area contributed by atoms with Gasteiger partial charge in [0.1, 0.15) is 0 Å². The molecule has 0 spiro atoms. The van der Waals surface area contributed by atoms with Crippen molar-refractivity contribution in [3.63, 3.8) is 0 Å². The van der Waals surface area contributed by atoms with Crippen molar-refractivity contribution in [3.8, 4) is 0 Å². The average molecular weight is 199 g/mol. The fourth-order valence-corrected chi connectivity index (χ4v) is 2.86. The zero-order valence-electron chi connectivity index (χ0n) is 8.89. The topological polar surface area (TPSA) is 43.7 Å². The highest BCUT2D eigenvalue weighted by molar-refractivity contribution is 4.90. The lowest BCUT2D eigenvalue weighted by Gasteiger charge is -2.27. The molecule has 4 atom stereocenters. The molecule has 3 heteroatoms. The van der Waals surface area contributed by atoms with Gasteiger partial charge < -0.3 is 10.2 Å². The SMILES string of the molecule is CC(O)C1CCN([C@H]2CCC[C@@H]2O)C1. The number of aliphatic hydroxyl groups excluding tert-OH is 2. The highest BCUT2D eigenvalue weighted by atomic mass is 16.3. The molecule has 2 aliphatic rings. The molecule has 0 aromatic carbocycles.